The van der Waals surface area contributed by atoms with Crippen LogP contribution in [0.15, 0.2) is 11.6 Å². The van der Waals surface area contributed by atoms with Crippen LogP contribution < -0.4 is 0 Å². The fourth-order valence-corrected chi connectivity index (χ4v) is 9.68. The third kappa shape index (κ3) is 6.01. The number of nitrogens with zero attached hydrogens (tertiary/aromatic N) is 1. The lowest BCUT2D eigenvalue weighted by Gasteiger charge is -2.58. The molecule has 0 aromatic rings. The minimum absolute atomic E-state index is 0.0221. The van der Waals surface area contributed by atoms with Gasteiger partial charge >= 0.3 is 5.97 Å². The molecule has 212 valence electrons. The minimum Gasteiger partial charge on any atom is -0.458 e. The summed E-state index contributed by atoms with van der Waals surface area (Å²) in [5.74, 6) is 5.02. The number of esters is 1. The van der Waals surface area contributed by atoms with Gasteiger partial charge in [0.05, 0.1) is 20.7 Å². The molecule has 0 saturated heterocycles. The summed E-state index contributed by atoms with van der Waals surface area (Å²) in [6, 6.07) is 0. The Balaban J connectivity index is 1.39. The summed E-state index contributed by atoms with van der Waals surface area (Å²) in [6.45, 7) is 13.5. The molecule has 0 amide bonds. The highest BCUT2D eigenvalue weighted by molar-refractivity contribution is 5.70. The van der Waals surface area contributed by atoms with Crippen molar-refractivity contribution in [1.82, 2.24) is 0 Å². The second kappa shape index (κ2) is 11.3. The SMILES string of the molecule is CC(C)CCCC(C)[C@H]1CC[C@H]2C3CC=C4C[C@@H](OC(=O)C[N+](C)(C)CCO)CCC4(C)[C@H]3CCC12C. The number of allylic oxidation sites excluding steroid dienone is 1. The van der Waals surface area contributed by atoms with Crippen molar-refractivity contribution in [2.75, 3.05) is 33.8 Å². The van der Waals surface area contributed by atoms with Gasteiger partial charge in [-0.2, -0.15) is 0 Å². The molecule has 4 nitrogen and oxygen atoms in total. The van der Waals surface area contributed by atoms with Crippen molar-refractivity contribution in [2.45, 2.75) is 111 Å². The average molecular weight is 517 g/mol. The highest BCUT2D eigenvalue weighted by atomic mass is 16.5. The number of carbonyl (C=O) groups is 1. The van der Waals surface area contributed by atoms with E-state index in [1.54, 1.807) is 5.57 Å². The van der Waals surface area contributed by atoms with Gasteiger partial charge < -0.3 is 14.3 Å². The largest absolute Gasteiger partial charge is 0.458 e. The number of hydrogen-bond donors (Lipinski definition) is 1. The molecule has 0 bridgehead atoms. The Bertz CT molecular complexity index is 833. The normalized spacial score (nSPS) is 38.4. The van der Waals surface area contributed by atoms with Gasteiger partial charge in [-0.25, -0.2) is 4.79 Å². The Hall–Kier alpha value is -0.870. The molecule has 3 fully saturated rings. The second-order valence-corrected chi connectivity index (χ2v) is 15.2. The van der Waals surface area contributed by atoms with Gasteiger partial charge in [0.25, 0.3) is 0 Å². The van der Waals surface area contributed by atoms with Gasteiger partial charge in [-0.05, 0) is 91.3 Å². The first-order valence-electron chi connectivity index (χ1n) is 15.7. The molecule has 0 aromatic heterocycles. The zero-order chi connectivity index (χ0) is 27.0. The van der Waals surface area contributed by atoms with E-state index in [0.717, 1.165) is 54.8 Å². The van der Waals surface area contributed by atoms with Gasteiger partial charge in [-0.15, -0.1) is 0 Å². The minimum atomic E-state index is -0.116. The molecule has 0 heterocycles. The Morgan fingerprint density at radius 2 is 1.84 bits per heavy atom. The molecule has 37 heavy (non-hydrogen) atoms. The average Bonchev–Trinajstić information content (AvgIpc) is 3.16. The number of fused-ring (bicyclic) bond motifs is 5. The summed E-state index contributed by atoms with van der Waals surface area (Å²) < 4.78 is 6.48. The molecule has 1 N–H and O–H groups in total. The molecule has 0 aromatic carbocycles. The maximum atomic E-state index is 12.7. The number of likely N-dealkylation sites (N-methyl/N-ethyl adjacent to an activating group) is 1. The summed E-state index contributed by atoms with van der Waals surface area (Å²) in [7, 11) is 3.96. The highest BCUT2D eigenvalue weighted by Crippen LogP contribution is 2.67. The topological polar surface area (TPSA) is 46.5 Å². The molecule has 4 rings (SSSR count). The van der Waals surface area contributed by atoms with Gasteiger partial charge in [-0.1, -0.05) is 65.5 Å². The van der Waals surface area contributed by atoms with Gasteiger partial charge in [0.1, 0.15) is 12.6 Å². The highest BCUT2D eigenvalue weighted by Gasteiger charge is 2.59. The van der Waals surface area contributed by atoms with Crippen LogP contribution >= 0.6 is 0 Å². The molecular weight excluding hydrogens is 458 g/mol. The molecule has 3 saturated carbocycles. The van der Waals surface area contributed by atoms with Crippen molar-refractivity contribution < 1.29 is 19.1 Å². The first-order valence-corrected chi connectivity index (χ1v) is 15.7. The van der Waals surface area contributed by atoms with Crippen molar-refractivity contribution in [2.24, 2.45) is 46.3 Å². The van der Waals surface area contributed by atoms with Crippen molar-refractivity contribution in [3.8, 4) is 0 Å². The first-order chi connectivity index (χ1) is 17.4. The molecule has 0 spiro atoms. The van der Waals surface area contributed by atoms with Crippen LogP contribution in [0, 0.1) is 46.3 Å². The summed E-state index contributed by atoms with van der Waals surface area (Å²) in [5.41, 5.74) is 2.41. The summed E-state index contributed by atoms with van der Waals surface area (Å²) in [6.07, 6.45) is 16.8. The quantitative estimate of drug-likeness (QED) is 0.193. The fourth-order valence-electron chi connectivity index (χ4n) is 9.68. The predicted molar refractivity (Wildman–Crippen MR) is 152 cm³/mol. The van der Waals surface area contributed by atoms with Crippen LogP contribution in [0.5, 0.6) is 0 Å². The smallest absolute Gasteiger partial charge is 0.362 e. The maximum absolute atomic E-state index is 12.7. The van der Waals surface area contributed by atoms with Crippen molar-refractivity contribution in [3.63, 3.8) is 0 Å². The van der Waals surface area contributed by atoms with Crippen molar-refractivity contribution in [1.29, 1.82) is 0 Å². The number of rotatable bonds is 10. The third-order valence-corrected chi connectivity index (χ3v) is 11.8. The van der Waals surface area contributed by atoms with E-state index < -0.39 is 0 Å². The Labute approximate surface area is 228 Å². The summed E-state index contributed by atoms with van der Waals surface area (Å²) in [4.78, 5) is 12.7. The number of carbonyl (C=O) groups excluding carboxylic acids is 1. The molecule has 4 aliphatic carbocycles. The van der Waals surface area contributed by atoms with Gasteiger partial charge in [0.2, 0.25) is 0 Å². The molecule has 4 aliphatic rings. The maximum Gasteiger partial charge on any atom is 0.362 e. The van der Waals surface area contributed by atoms with E-state index in [1.165, 1.54) is 51.4 Å². The van der Waals surface area contributed by atoms with Crippen LogP contribution in [0.3, 0.4) is 0 Å². The standard InChI is InChI=1S/C33H58NO3/c1-23(2)9-8-10-24(3)28-13-14-29-27-12-11-25-21-26(37-31(36)22-34(6,7)19-20-35)15-17-32(25,4)30(27)16-18-33(28,29)5/h11,23-24,26-30,35H,8-10,12-22H2,1-7H3/q+1/t24?,26-,27?,28+,29-,30-,32?,33?/m0/s1. The van der Waals surface area contributed by atoms with Crippen LogP contribution in [0.4, 0.5) is 0 Å². The van der Waals surface area contributed by atoms with E-state index in [4.69, 9.17) is 4.74 Å². The van der Waals surface area contributed by atoms with Crippen LogP contribution in [0.25, 0.3) is 0 Å². The van der Waals surface area contributed by atoms with E-state index in [1.807, 2.05) is 14.1 Å². The summed E-state index contributed by atoms with van der Waals surface area (Å²) >= 11 is 0. The van der Waals surface area contributed by atoms with Crippen LogP contribution in [0.1, 0.15) is 105 Å². The molecular formula is C33H58NO3+. The predicted octanol–water partition coefficient (Wildman–Crippen LogP) is 7.01. The molecule has 4 heteroatoms. The Kier molecular flexibility index (Phi) is 8.91. The van der Waals surface area contributed by atoms with E-state index in [9.17, 15) is 9.90 Å². The molecule has 0 aliphatic heterocycles. The lowest BCUT2D eigenvalue weighted by molar-refractivity contribution is -0.883. The first kappa shape index (κ1) is 29.1. The van der Waals surface area contributed by atoms with Crippen molar-refractivity contribution in [3.05, 3.63) is 11.6 Å². The number of hydrogen-bond acceptors (Lipinski definition) is 3. The number of aliphatic hydroxyl groups excluding tert-OH is 1. The number of aliphatic hydroxyl groups is 1. The molecule has 0 radical (unpaired) electrons. The lowest BCUT2D eigenvalue weighted by atomic mass is 9.47. The van der Waals surface area contributed by atoms with Gasteiger partial charge in [0.15, 0.2) is 6.54 Å². The number of ether oxygens (including phenoxy) is 1. The molecule has 4 unspecified atom stereocenters. The van der Waals surface area contributed by atoms with E-state index >= 15 is 0 Å². The van der Waals surface area contributed by atoms with Gasteiger partial charge in [-0.3, -0.25) is 0 Å². The zero-order valence-corrected chi connectivity index (χ0v) is 25.2. The van der Waals surface area contributed by atoms with Crippen LogP contribution in [0.2, 0.25) is 0 Å². The zero-order valence-electron chi connectivity index (χ0n) is 25.2. The van der Waals surface area contributed by atoms with Gasteiger partial charge in [0, 0.05) is 6.42 Å². The van der Waals surface area contributed by atoms with Crippen LogP contribution in [-0.4, -0.2) is 55.5 Å². The summed E-state index contributed by atoms with van der Waals surface area (Å²) in [5, 5.41) is 9.28. The number of quaternary nitrogens is 1. The van der Waals surface area contributed by atoms with E-state index in [-0.39, 0.29) is 18.7 Å². The second-order valence-electron chi connectivity index (χ2n) is 15.2. The van der Waals surface area contributed by atoms with E-state index in [2.05, 4.69) is 40.7 Å². The Morgan fingerprint density at radius 1 is 1.08 bits per heavy atom. The van der Waals surface area contributed by atoms with Crippen molar-refractivity contribution >= 4 is 5.97 Å². The van der Waals surface area contributed by atoms with E-state index in [0.29, 0.717) is 28.4 Å². The third-order valence-electron chi connectivity index (χ3n) is 11.8. The monoisotopic (exact) mass is 516 g/mol. The fraction of sp³-hybridized carbons (Fsp3) is 0.909. The van der Waals surface area contributed by atoms with Crippen LogP contribution in [-0.2, 0) is 9.53 Å². The lowest BCUT2D eigenvalue weighted by Crippen LogP contribution is -2.51. The molecule has 8 atom stereocenters. The Morgan fingerprint density at radius 3 is 2.54 bits per heavy atom.